The number of aliphatic hydroxyl groups is 7. The summed E-state index contributed by atoms with van der Waals surface area (Å²) in [6, 6.07) is 8.53. The lowest BCUT2D eigenvalue weighted by Gasteiger charge is -2.45. The lowest BCUT2D eigenvalue weighted by Crippen LogP contribution is -2.61. The summed E-state index contributed by atoms with van der Waals surface area (Å²) >= 11 is 18.1. The molecular formula is C40H64BCl3N6O13S3. The van der Waals surface area contributed by atoms with Crippen molar-refractivity contribution in [3.8, 4) is 0 Å². The Kier molecular flexibility index (Phi) is 20.2. The molecule has 374 valence electrons. The molecule has 0 aliphatic carbocycles. The van der Waals surface area contributed by atoms with Crippen LogP contribution >= 0.6 is 69.7 Å². The number of nitrogens with two attached hydrogens (primary N) is 2. The van der Waals surface area contributed by atoms with Gasteiger partial charge in [0.1, 0.15) is 76.7 Å². The van der Waals surface area contributed by atoms with Gasteiger partial charge in [-0.15, -0.1) is 0 Å². The third-order valence-corrected chi connectivity index (χ3v) is 13.5. The van der Waals surface area contributed by atoms with Crippen molar-refractivity contribution >= 4 is 96.2 Å². The van der Waals surface area contributed by atoms with Crippen LogP contribution in [0.1, 0.15) is 74.8 Å². The van der Waals surface area contributed by atoms with Crippen molar-refractivity contribution in [2.24, 2.45) is 32.4 Å². The molecule has 19 nitrogen and oxygen atoms in total. The summed E-state index contributed by atoms with van der Waals surface area (Å²) in [6.45, 7) is 17.4. The molecule has 66 heavy (non-hydrogen) atoms. The highest BCUT2D eigenvalue weighted by atomic mass is 35.6. The second-order valence-corrected chi connectivity index (χ2v) is 24.2. The largest absolute Gasteiger partial charge is 0.450 e. The summed E-state index contributed by atoms with van der Waals surface area (Å²) in [5.41, 5.74) is 6.80. The predicted octanol–water partition coefficient (Wildman–Crippen LogP) is 2.66. The number of nitrogens with one attached hydrogen (secondary N) is 1. The minimum absolute atomic E-state index is 0.0970. The first kappa shape index (κ1) is 57.2. The van der Waals surface area contributed by atoms with E-state index in [4.69, 9.17) is 69.5 Å². The molecule has 1 aromatic carbocycles. The van der Waals surface area contributed by atoms with E-state index in [1.165, 1.54) is 63.0 Å². The number of halogens is 3. The Morgan fingerprint density at radius 3 is 1.52 bits per heavy atom. The molecule has 0 aromatic heterocycles. The van der Waals surface area contributed by atoms with E-state index in [2.05, 4.69) is 20.3 Å². The predicted molar refractivity (Wildman–Crippen MR) is 261 cm³/mol. The highest BCUT2D eigenvalue weighted by Gasteiger charge is 2.54. The van der Waals surface area contributed by atoms with Crippen LogP contribution in [0.25, 0.3) is 0 Å². The molecule has 0 bridgehead atoms. The van der Waals surface area contributed by atoms with Gasteiger partial charge in [-0.1, -0.05) is 72.5 Å². The van der Waals surface area contributed by atoms with Gasteiger partial charge in [-0.2, -0.15) is 34.4 Å². The second kappa shape index (κ2) is 23.3. The average molecular weight is 1050 g/mol. The van der Waals surface area contributed by atoms with Crippen LogP contribution in [0.5, 0.6) is 0 Å². The van der Waals surface area contributed by atoms with Crippen molar-refractivity contribution in [3.63, 3.8) is 0 Å². The second-order valence-electron chi connectivity index (χ2n) is 18.9. The summed E-state index contributed by atoms with van der Waals surface area (Å²) in [7, 11) is 0. The number of rotatable bonds is 6. The van der Waals surface area contributed by atoms with Crippen LogP contribution in [0.4, 0.5) is 4.79 Å². The fourth-order valence-electron chi connectivity index (χ4n) is 7.70. The number of aliphatic imine (C=N–C) groups is 3. The number of nitrogens with zero attached hydrogens (tertiary/aromatic N) is 3. The van der Waals surface area contributed by atoms with Gasteiger partial charge in [-0.05, 0) is 67.9 Å². The number of carbonyl (C=O) groups is 1. The standard InChI is InChI=1S/C22H32N2O5S.2C9H16N2O4S.BCl3/c1-13-16(27-12-14-10-8-7-9-11-14)15-18(28-17(13)22(5,6)26)30-19(23-15)24-20(25)29-21(2,3)4;2*1-9(2,14)6-5(13)4(12)3-7(15-6)16-8(10)11-3;2-1(3)4/h7-11,13,15-18,26H,12H2,1-6H3,(H,23,24,25);2*3-7,12-14H,1-2H3,(H2,10,11);/t13-,15+,16-,17-,18+;2*3-,4-,5+,6+,7-;/m011./s1. The van der Waals surface area contributed by atoms with E-state index in [1.54, 1.807) is 13.8 Å². The molecule has 3 saturated heterocycles. The van der Waals surface area contributed by atoms with Gasteiger partial charge in [0.05, 0.1) is 35.6 Å². The van der Waals surface area contributed by atoms with E-state index >= 15 is 0 Å². The lowest BCUT2D eigenvalue weighted by molar-refractivity contribution is -0.208. The van der Waals surface area contributed by atoms with Gasteiger partial charge in [-0.25, -0.2) is 4.79 Å². The Bertz CT molecular complexity index is 1800. The molecule has 6 aliphatic heterocycles. The first-order valence-electron chi connectivity index (χ1n) is 21.0. The molecule has 15 atom stereocenters. The Labute approximate surface area is 413 Å². The van der Waals surface area contributed by atoms with E-state index in [1.807, 2.05) is 58.0 Å². The van der Waals surface area contributed by atoms with E-state index < -0.39 is 99.1 Å². The van der Waals surface area contributed by atoms with Crippen molar-refractivity contribution in [2.45, 2.75) is 182 Å². The Morgan fingerprint density at radius 1 is 0.697 bits per heavy atom. The smallest absolute Gasteiger partial charge is 0.444 e. The summed E-state index contributed by atoms with van der Waals surface area (Å²) in [6.07, 6.45) is -7.43. The summed E-state index contributed by atoms with van der Waals surface area (Å²) in [5, 5.41) is 73.6. The number of hydrogen-bond acceptors (Lipinski definition) is 21. The number of hydrogen-bond donors (Lipinski definition) is 10. The number of thioether (sulfide) groups is 3. The first-order valence-corrected chi connectivity index (χ1v) is 24.9. The quantitative estimate of drug-likeness (QED) is 0.183. The maximum Gasteiger partial charge on any atom is 0.450 e. The maximum absolute atomic E-state index is 12.2. The van der Waals surface area contributed by atoms with Crippen molar-refractivity contribution in [1.82, 2.24) is 5.32 Å². The van der Waals surface area contributed by atoms with E-state index in [9.17, 15) is 40.5 Å². The number of alkyl carbamates (subject to hydrolysis) is 1. The van der Waals surface area contributed by atoms with E-state index in [0.717, 1.165) is 5.56 Å². The minimum Gasteiger partial charge on any atom is -0.444 e. The Hall–Kier alpha value is -1.36. The fraction of sp³-hybridized carbons (Fsp3) is 0.750. The molecule has 1 aromatic rings. The minimum atomic E-state index is -1.23. The van der Waals surface area contributed by atoms with Gasteiger partial charge >= 0.3 is 11.1 Å². The first-order chi connectivity index (χ1) is 30.3. The summed E-state index contributed by atoms with van der Waals surface area (Å²) in [5.74, 6) is -0.0970. The van der Waals surface area contributed by atoms with Crippen LogP contribution in [0.3, 0.4) is 0 Å². The van der Waals surface area contributed by atoms with Crippen LogP contribution in [-0.4, -0.2) is 168 Å². The number of ether oxygens (including phenoxy) is 5. The third kappa shape index (κ3) is 15.8. The van der Waals surface area contributed by atoms with Crippen LogP contribution in [0, 0.1) is 5.92 Å². The SMILES string of the molecule is CC(C)(O)[C@H]1O[C@@H]2SC(N)=N[C@@H]2[C@@H](O)[C@@H]1O.CC(C)(O)[C@H]1O[C@@H]2SC(N)=N[C@@H]2[C@@H](O)[C@@H]1O.C[C@H]1[C@H](OCc2ccccc2)[C@H]2N=C(NC(=O)OC(C)(C)C)S[C@H]2O[C@@H]1C(C)(C)O.ClB(Cl)Cl. The number of amides is 1. The van der Waals surface area contributed by atoms with Crippen molar-refractivity contribution in [1.29, 1.82) is 0 Å². The molecule has 3 fully saturated rings. The van der Waals surface area contributed by atoms with Gasteiger partial charge in [0.25, 0.3) is 0 Å². The summed E-state index contributed by atoms with van der Waals surface area (Å²) < 4.78 is 28.9. The van der Waals surface area contributed by atoms with Gasteiger partial charge in [0.15, 0.2) is 15.5 Å². The third-order valence-electron chi connectivity index (χ3n) is 10.5. The topological polar surface area (TPSA) is 306 Å². The molecule has 6 aliphatic rings. The Balaban J connectivity index is 0.000000223. The van der Waals surface area contributed by atoms with Crippen LogP contribution in [-0.2, 0) is 30.3 Å². The zero-order valence-electron chi connectivity index (χ0n) is 38.3. The molecule has 0 unspecified atom stereocenters. The molecule has 12 N–H and O–H groups in total. The highest BCUT2D eigenvalue weighted by molar-refractivity contribution is 8.15. The average Bonchev–Trinajstić information content (AvgIpc) is 3.87. The highest BCUT2D eigenvalue weighted by Crippen LogP contribution is 2.43. The van der Waals surface area contributed by atoms with Crippen LogP contribution in [0.15, 0.2) is 45.3 Å². The summed E-state index contributed by atoms with van der Waals surface area (Å²) in [4.78, 5) is 24.1. The van der Waals surface area contributed by atoms with Crippen LogP contribution in [0.2, 0.25) is 0 Å². The number of carbonyl (C=O) groups excluding carboxylic acids is 1. The van der Waals surface area contributed by atoms with Crippen molar-refractivity contribution in [3.05, 3.63) is 35.9 Å². The molecule has 6 heterocycles. The van der Waals surface area contributed by atoms with Crippen molar-refractivity contribution in [2.75, 3.05) is 0 Å². The zero-order chi connectivity index (χ0) is 49.9. The van der Waals surface area contributed by atoms with Gasteiger partial charge in [-0.3, -0.25) is 20.3 Å². The van der Waals surface area contributed by atoms with E-state index in [-0.39, 0.29) is 23.5 Å². The molecule has 0 saturated carbocycles. The molecule has 0 spiro atoms. The Morgan fingerprint density at radius 2 is 1.11 bits per heavy atom. The van der Waals surface area contributed by atoms with Crippen molar-refractivity contribution < 1.29 is 64.2 Å². The molecule has 0 radical (unpaired) electrons. The van der Waals surface area contributed by atoms with E-state index in [0.29, 0.717) is 22.1 Å². The number of benzene rings is 1. The monoisotopic (exact) mass is 1050 g/mol. The lowest BCUT2D eigenvalue weighted by atomic mass is 9.82. The van der Waals surface area contributed by atoms with Crippen LogP contribution < -0.4 is 16.8 Å². The molecular weight excluding hydrogens is 986 g/mol. The maximum atomic E-state index is 12.2. The van der Waals surface area contributed by atoms with Gasteiger partial charge in [0.2, 0.25) is 0 Å². The zero-order valence-corrected chi connectivity index (χ0v) is 43.0. The molecule has 7 rings (SSSR count). The number of aliphatic hydroxyl groups excluding tert-OH is 4. The number of amidine groups is 3. The molecule has 1 amide bonds. The normalized spacial score (nSPS) is 35.0. The number of fused-ring (bicyclic) bond motifs is 3. The fourth-order valence-corrected chi connectivity index (χ4v) is 10.7. The van der Waals surface area contributed by atoms with Gasteiger partial charge < -0.3 is 70.9 Å². The molecule has 26 heteroatoms. The van der Waals surface area contributed by atoms with Gasteiger partial charge in [0, 0.05) is 5.92 Å².